The summed E-state index contributed by atoms with van der Waals surface area (Å²) in [6.45, 7) is 2.73. The van der Waals surface area contributed by atoms with Crippen molar-refractivity contribution < 1.29 is 27.5 Å². The highest BCUT2D eigenvalue weighted by Crippen LogP contribution is 2.24. The van der Waals surface area contributed by atoms with Gasteiger partial charge in [0, 0.05) is 11.1 Å². The van der Waals surface area contributed by atoms with Gasteiger partial charge in [-0.05, 0) is 37.6 Å². The molecule has 1 aromatic heterocycles. The highest BCUT2D eigenvalue weighted by atomic mass is 19.2. The summed E-state index contributed by atoms with van der Waals surface area (Å²) in [6, 6.07) is 8.53. The van der Waals surface area contributed by atoms with E-state index in [1.54, 1.807) is 38.1 Å². The van der Waals surface area contributed by atoms with Gasteiger partial charge < -0.3 is 10.1 Å². The van der Waals surface area contributed by atoms with Crippen molar-refractivity contribution in [2.24, 2.45) is 0 Å². The number of fused-ring (bicyclic) bond motifs is 1. The van der Waals surface area contributed by atoms with Crippen LogP contribution in [0, 0.1) is 31.3 Å². The number of pyridine rings is 1. The quantitative estimate of drug-likeness (QED) is 0.541. The van der Waals surface area contributed by atoms with Crippen LogP contribution in [0.1, 0.15) is 21.6 Å². The van der Waals surface area contributed by atoms with E-state index >= 15 is 0 Å². The maximum absolute atomic E-state index is 13.6. The number of rotatable bonds is 4. The smallest absolute Gasteiger partial charge is 0.339 e. The summed E-state index contributed by atoms with van der Waals surface area (Å²) in [5.41, 5.74) is 1.57. The van der Waals surface area contributed by atoms with Crippen molar-refractivity contribution in [2.45, 2.75) is 13.8 Å². The van der Waals surface area contributed by atoms with E-state index in [4.69, 9.17) is 4.74 Å². The molecule has 0 bridgehead atoms. The molecule has 0 saturated carbocycles. The molecule has 2 aromatic carbocycles. The minimum atomic E-state index is -1.70. The lowest BCUT2D eigenvalue weighted by Crippen LogP contribution is -2.22. The number of carbonyl (C=O) groups excluding carboxylic acids is 2. The van der Waals surface area contributed by atoms with E-state index in [1.165, 1.54) is 0 Å². The molecule has 28 heavy (non-hydrogen) atoms. The molecule has 0 fully saturated rings. The minimum Gasteiger partial charge on any atom is -0.452 e. The second-order valence-electron chi connectivity index (χ2n) is 6.06. The van der Waals surface area contributed by atoms with Gasteiger partial charge in [0.25, 0.3) is 5.91 Å². The van der Waals surface area contributed by atoms with Crippen LogP contribution in [0.4, 0.5) is 18.9 Å². The summed E-state index contributed by atoms with van der Waals surface area (Å²) in [5.74, 6) is -6.26. The van der Waals surface area contributed by atoms with Gasteiger partial charge in [-0.1, -0.05) is 18.2 Å². The summed E-state index contributed by atoms with van der Waals surface area (Å²) in [6.07, 6.45) is 0. The first kappa shape index (κ1) is 19.3. The predicted molar refractivity (Wildman–Crippen MR) is 96.4 cm³/mol. The lowest BCUT2D eigenvalue weighted by atomic mass is 10.0. The Kier molecular flexibility index (Phi) is 5.30. The van der Waals surface area contributed by atoms with Crippen LogP contribution in [0.15, 0.2) is 36.4 Å². The summed E-state index contributed by atoms with van der Waals surface area (Å²) in [7, 11) is 0. The number of para-hydroxylation sites is 1. The maximum atomic E-state index is 13.6. The molecule has 0 radical (unpaired) electrons. The zero-order chi connectivity index (χ0) is 20.4. The van der Waals surface area contributed by atoms with Crippen molar-refractivity contribution in [3.05, 3.63) is 70.7 Å². The monoisotopic (exact) mass is 388 g/mol. The molecular formula is C20H15F3N2O3. The van der Waals surface area contributed by atoms with Gasteiger partial charge in [0.15, 0.2) is 24.1 Å². The number of anilines is 1. The number of hydrogen-bond donors (Lipinski definition) is 1. The number of benzene rings is 2. The Morgan fingerprint density at radius 1 is 1.04 bits per heavy atom. The molecule has 3 aromatic rings. The van der Waals surface area contributed by atoms with Crippen LogP contribution >= 0.6 is 0 Å². The molecule has 5 nitrogen and oxygen atoms in total. The summed E-state index contributed by atoms with van der Waals surface area (Å²) in [4.78, 5) is 28.9. The van der Waals surface area contributed by atoms with Crippen LogP contribution in [0.3, 0.4) is 0 Å². The van der Waals surface area contributed by atoms with Gasteiger partial charge in [0.05, 0.1) is 16.8 Å². The molecule has 8 heteroatoms. The van der Waals surface area contributed by atoms with Gasteiger partial charge in [0.2, 0.25) is 0 Å². The Hall–Kier alpha value is -3.42. The largest absolute Gasteiger partial charge is 0.452 e. The van der Waals surface area contributed by atoms with Crippen molar-refractivity contribution in [2.75, 3.05) is 11.9 Å². The van der Waals surface area contributed by atoms with Crippen molar-refractivity contribution in [3.8, 4) is 0 Å². The molecular weight excluding hydrogens is 373 g/mol. The van der Waals surface area contributed by atoms with Crippen LogP contribution in [-0.2, 0) is 9.53 Å². The van der Waals surface area contributed by atoms with Gasteiger partial charge in [-0.2, -0.15) is 0 Å². The van der Waals surface area contributed by atoms with Crippen LogP contribution in [0.2, 0.25) is 0 Å². The Balaban J connectivity index is 1.76. The molecule has 1 heterocycles. The van der Waals surface area contributed by atoms with E-state index in [-0.39, 0.29) is 5.56 Å². The highest BCUT2D eigenvalue weighted by molar-refractivity contribution is 6.05. The number of aromatic nitrogens is 1. The molecule has 0 aliphatic carbocycles. The van der Waals surface area contributed by atoms with E-state index in [9.17, 15) is 22.8 Å². The number of halogens is 3. The van der Waals surface area contributed by atoms with E-state index in [1.807, 2.05) is 5.32 Å². The summed E-state index contributed by atoms with van der Waals surface area (Å²) >= 11 is 0. The zero-order valence-corrected chi connectivity index (χ0v) is 15.0. The Labute approximate surface area is 158 Å². The SMILES string of the molecule is Cc1nc2ccccc2c(C(=O)OCC(=O)Nc2ccc(F)c(F)c2F)c1C. The van der Waals surface area contributed by atoms with Gasteiger partial charge in [-0.15, -0.1) is 0 Å². The molecule has 0 aliphatic rings. The van der Waals surface area contributed by atoms with Crippen LogP contribution in [-0.4, -0.2) is 23.5 Å². The van der Waals surface area contributed by atoms with Crippen LogP contribution < -0.4 is 5.32 Å². The number of ether oxygens (including phenoxy) is 1. The van der Waals surface area contributed by atoms with Gasteiger partial charge >= 0.3 is 5.97 Å². The number of amides is 1. The molecule has 0 spiro atoms. The van der Waals surface area contributed by atoms with Gasteiger partial charge in [-0.25, -0.2) is 18.0 Å². The number of nitrogens with zero attached hydrogens (tertiary/aromatic N) is 1. The first-order valence-electron chi connectivity index (χ1n) is 8.26. The molecule has 1 N–H and O–H groups in total. The third-order valence-electron chi connectivity index (χ3n) is 4.23. The molecule has 0 unspecified atom stereocenters. The second kappa shape index (κ2) is 7.67. The number of hydrogen-bond acceptors (Lipinski definition) is 4. The average Bonchev–Trinajstić information content (AvgIpc) is 2.67. The zero-order valence-electron chi connectivity index (χ0n) is 15.0. The van der Waals surface area contributed by atoms with E-state index in [0.29, 0.717) is 28.2 Å². The van der Waals surface area contributed by atoms with Crippen molar-refractivity contribution in [1.82, 2.24) is 4.98 Å². The van der Waals surface area contributed by atoms with E-state index in [0.717, 1.165) is 6.07 Å². The number of esters is 1. The number of nitrogens with one attached hydrogen (secondary N) is 1. The van der Waals surface area contributed by atoms with Gasteiger partial charge in [-0.3, -0.25) is 9.78 Å². The third-order valence-corrected chi connectivity index (χ3v) is 4.23. The predicted octanol–water partition coefficient (Wildman–Crippen LogP) is 4.06. The Morgan fingerprint density at radius 2 is 1.75 bits per heavy atom. The molecule has 144 valence electrons. The second-order valence-corrected chi connectivity index (χ2v) is 6.06. The Bertz CT molecular complexity index is 1100. The van der Waals surface area contributed by atoms with E-state index < -0.39 is 41.6 Å². The Morgan fingerprint density at radius 3 is 2.50 bits per heavy atom. The maximum Gasteiger partial charge on any atom is 0.339 e. The first-order valence-corrected chi connectivity index (χ1v) is 8.26. The summed E-state index contributed by atoms with van der Waals surface area (Å²) < 4.78 is 44.8. The fourth-order valence-corrected chi connectivity index (χ4v) is 2.71. The molecule has 3 rings (SSSR count). The van der Waals surface area contributed by atoms with Crippen LogP contribution in [0.25, 0.3) is 10.9 Å². The van der Waals surface area contributed by atoms with Crippen molar-refractivity contribution >= 4 is 28.5 Å². The fourth-order valence-electron chi connectivity index (χ4n) is 2.71. The number of aryl methyl sites for hydroxylation is 1. The lowest BCUT2D eigenvalue weighted by molar-refractivity contribution is -0.119. The van der Waals surface area contributed by atoms with Crippen molar-refractivity contribution in [3.63, 3.8) is 0 Å². The van der Waals surface area contributed by atoms with Crippen molar-refractivity contribution in [1.29, 1.82) is 0 Å². The average molecular weight is 388 g/mol. The highest BCUT2D eigenvalue weighted by Gasteiger charge is 2.20. The molecule has 0 atom stereocenters. The molecule has 0 saturated heterocycles. The third kappa shape index (κ3) is 3.66. The molecule has 0 aliphatic heterocycles. The molecule has 1 amide bonds. The topological polar surface area (TPSA) is 68.3 Å². The minimum absolute atomic E-state index is 0.273. The lowest BCUT2D eigenvalue weighted by Gasteiger charge is -2.12. The first-order chi connectivity index (χ1) is 13.3. The fraction of sp³-hybridized carbons (Fsp3) is 0.150. The number of carbonyl (C=O) groups is 2. The van der Waals surface area contributed by atoms with Crippen LogP contribution in [0.5, 0.6) is 0 Å². The normalized spacial score (nSPS) is 10.8. The summed E-state index contributed by atoms with van der Waals surface area (Å²) in [5, 5.41) is 2.61. The van der Waals surface area contributed by atoms with E-state index in [2.05, 4.69) is 4.98 Å². The van der Waals surface area contributed by atoms with Gasteiger partial charge in [0.1, 0.15) is 0 Å². The standard InChI is InChI=1S/C20H15F3N2O3/c1-10-11(2)24-14-6-4-3-5-12(14)17(10)20(27)28-9-16(26)25-15-8-7-13(21)18(22)19(15)23/h3-8H,9H2,1-2H3,(H,25,26).